The molecule has 1 aromatic rings. The molecule has 0 spiro atoms. The van der Waals surface area contributed by atoms with Crippen LogP contribution in [0.2, 0.25) is 0 Å². The zero-order chi connectivity index (χ0) is 9.26. The molecule has 1 aliphatic heterocycles. The average Bonchev–Trinajstić information content (AvgIpc) is 2.60. The van der Waals surface area contributed by atoms with Crippen LogP contribution in [0.4, 0.5) is 5.69 Å². The van der Waals surface area contributed by atoms with Gasteiger partial charge < -0.3 is 10.4 Å². The van der Waals surface area contributed by atoms with Crippen LogP contribution in [0, 0.1) is 0 Å². The lowest BCUT2D eigenvalue weighted by molar-refractivity contribution is -0.136. The molecule has 0 aromatic carbocycles. The molecule has 0 radical (unpaired) electrons. The quantitative estimate of drug-likeness (QED) is 0.630. The molecular formula is C8H11N3O2. The smallest absolute Gasteiger partial charge is 0.303 e. The van der Waals surface area contributed by atoms with Crippen LogP contribution in [0.25, 0.3) is 0 Å². The van der Waals surface area contributed by atoms with E-state index in [0.717, 1.165) is 30.0 Å². The normalized spacial score (nSPS) is 13.8. The van der Waals surface area contributed by atoms with Crippen LogP contribution in [-0.4, -0.2) is 27.8 Å². The highest BCUT2D eigenvalue weighted by Crippen LogP contribution is 2.24. The predicted molar refractivity (Wildman–Crippen MR) is 46.7 cm³/mol. The van der Waals surface area contributed by atoms with Gasteiger partial charge in [-0.15, -0.1) is 0 Å². The first-order valence-corrected chi connectivity index (χ1v) is 4.29. The van der Waals surface area contributed by atoms with Gasteiger partial charge in [-0.25, -0.2) is 0 Å². The van der Waals surface area contributed by atoms with Gasteiger partial charge in [0.2, 0.25) is 0 Å². The van der Waals surface area contributed by atoms with E-state index >= 15 is 0 Å². The van der Waals surface area contributed by atoms with Gasteiger partial charge in [-0.1, -0.05) is 0 Å². The molecule has 0 saturated carbocycles. The van der Waals surface area contributed by atoms with E-state index in [-0.39, 0.29) is 6.42 Å². The number of aromatic nitrogens is 2. The number of hydrogen-bond acceptors (Lipinski definition) is 3. The Bertz CT molecular complexity index is 332. The minimum Gasteiger partial charge on any atom is -0.481 e. The second kappa shape index (κ2) is 3.08. The van der Waals surface area contributed by atoms with Crippen LogP contribution < -0.4 is 5.32 Å². The zero-order valence-electron chi connectivity index (χ0n) is 7.13. The van der Waals surface area contributed by atoms with Crippen LogP contribution in [0.1, 0.15) is 17.8 Å². The van der Waals surface area contributed by atoms with Crippen LogP contribution in [0.5, 0.6) is 0 Å². The SMILES string of the molecule is O=C(O)CCc1n[nH]c2c1NCC2. The van der Waals surface area contributed by atoms with Gasteiger partial charge >= 0.3 is 5.97 Å². The average molecular weight is 181 g/mol. The number of aliphatic carboxylic acids is 1. The van der Waals surface area contributed by atoms with Crippen molar-refractivity contribution in [1.82, 2.24) is 10.2 Å². The zero-order valence-corrected chi connectivity index (χ0v) is 7.13. The first-order chi connectivity index (χ1) is 6.27. The van der Waals surface area contributed by atoms with Crippen LogP contribution in [-0.2, 0) is 17.6 Å². The summed E-state index contributed by atoms with van der Waals surface area (Å²) in [5.74, 6) is -0.783. The van der Waals surface area contributed by atoms with Gasteiger partial charge in [0.05, 0.1) is 23.5 Å². The molecule has 5 heteroatoms. The molecule has 0 amide bonds. The molecule has 13 heavy (non-hydrogen) atoms. The van der Waals surface area contributed by atoms with Gasteiger partial charge in [0.15, 0.2) is 0 Å². The highest BCUT2D eigenvalue weighted by Gasteiger charge is 2.17. The summed E-state index contributed by atoms with van der Waals surface area (Å²) in [6.07, 6.45) is 1.59. The summed E-state index contributed by atoms with van der Waals surface area (Å²) in [6, 6.07) is 0. The Kier molecular flexibility index (Phi) is 1.92. The number of aromatic amines is 1. The highest BCUT2D eigenvalue weighted by molar-refractivity contribution is 5.68. The van der Waals surface area contributed by atoms with Crippen molar-refractivity contribution in [1.29, 1.82) is 0 Å². The number of carboxylic acids is 1. The second-order valence-electron chi connectivity index (χ2n) is 3.09. The number of aryl methyl sites for hydroxylation is 1. The first kappa shape index (κ1) is 8.10. The van der Waals surface area contributed by atoms with E-state index in [1.54, 1.807) is 0 Å². The fourth-order valence-electron chi connectivity index (χ4n) is 1.53. The van der Waals surface area contributed by atoms with Gasteiger partial charge in [-0.05, 0) is 0 Å². The van der Waals surface area contributed by atoms with Crippen molar-refractivity contribution in [3.8, 4) is 0 Å². The van der Waals surface area contributed by atoms with Crippen LogP contribution in [0.3, 0.4) is 0 Å². The maximum atomic E-state index is 10.3. The topological polar surface area (TPSA) is 78.0 Å². The number of carboxylic acid groups (broad SMARTS) is 1. The Morgan fingerprint density at radius 2 is 2.46 bits per heavy atom. The number of anilines is 1. The summed E-state index contributed by atoms with van der Waals surface area (Å²) in [5.41, 5.74) is 2.96. The molecule has 3 N–H and O–H groups in total. The lowest BCUT2D eigenvalue weighted by Gasteiger charge is -1.97. The van der Waals surface area contributed by atoms with E-state index in [1.807, 2.05) is 0 Å². The number of H-pyrrole nitrogens is 1. The molecule has 1 aromatic heterocycles. The predicted octanol–water partition coefficient (Wildman–Crippen LogP) is 0.395. The first-order valence-electron chi connectivity index (χ1n) is 4.29. The molecule has 0 unspecified atom stereocenters. The Morgan fingerprint density at radius 1 is 1.62 bits per heavy atom. The largest absolute Gasteiger partial charge is 0.481 e. The lowest BCUT2D eigenvalue weighted by Crippen LogP contribution is -2.01. The number of nitrogens with zero attached hydrogens (tertiary/aromatic N) is 1. The minimum atomic E-state index is -0.783. The van der Waals surface area contributed by atoms with E-state index in [4.69, 9.17) is 5.11 Å². The lowest BCUT2D eigenvalue weighted by atomic mass is 10.2. The van der Waals surface area contributed by atoms with Gasteiger partial charge in [-0.3, -0.25) is 9.89 Å². The molecule has 0 aliphatic carbocycles. The van der Waals surface area contributed by atoms with Crippen LogP contribution in [0.15, 0.2) is 0 Å². The molecular weight excluding hydrogens is 170 g/mol. The molecule has 0 bridgehead atoms. The summed E-state index contributed by atoms with van der Waals surface area (Å²) in [5, 5.41) is 18.7. The highest BCUT2D eigenvalue weighted by atomic mass is 16.4. The summed E-state index contributed by atoms with van der Waals surface area (Å²) >= 11 is 0. The van der Waals surface area contributed by atoms with Crippen molar-refractivity contribution in [2.24, 2.45) is 0 Å². The number of hydrogen-bond donors (Lipinski definition) is 3. The van der Waals surface area contributed by atoms with E-state index in [9.17, 15) is 4.79 Å². The molecule has 2 heterocycles. The Labute approximate surface area is 75.2 Å². The van der Waals surface area contributed by atoms with E-state index in [2.05, 4.69) is 15.5 Å². The molecule has 2 rings (SSSR count). The Balaban J connectivity index is 2.08. The van der Waals surface area contributed by atoms with Crippen molar-refractivity contribution in [3.63, 3.8) is 0 Å². The van der Waals surface area contributed by atoms with Crippen molar-refractivity contribution in [2.75, 3.05) is 11.9 Å². The van der Waals surface area contributed by atoms with Crippen molar-refractivity contribution in [3.05, 3.63) is 11.4 Å². The summed E-state index contributed by atoms with van der Waals surface area (Å²) < 4.78 is 0. The molecule has 5 nitrogen and oxygen atoms in total. The van der Waals surface area contributed by atoms with Crippen molar-refractivity contribution < 1.29 is 9.90 Å². The number of rotatable bonds is 3. The molecule has 1 aliphatic rings. The third kappa shape index (κ3) is 1.49. The third-order valence-corrected chi connectivity index (χ3v) is 2.17. The third-order valence-electron chi connectivity index (χ3n) is 2.17. The number of carbonyl (C=O) groups is 1. The molecule has 0 fully saturated rings. The second-order valence-corrected chi connectivity index (χ2v) is 3.09. The fourth-order valence-corrected chi connectivity index (χ4v) is 1.53. The van der Waals surface area contributed by atoms with Gasteiger partial charge in [0.25, 0.3) is 0 Å². The maximum Gasteiger partial charge on any atom is 0.303 e. The summed E-state index contributed by atoms with van der Waals surface area (Å²) in [6.45, 7) is 0.920. The number of nitrogens with one attached hydrogen (secondary N) is 2. The van der Waals surface area contributed by atoms with Gasteiger partial charge in [-0.2, -0.15) is 5.10 Å². The minimum absolute atomic E-state index is 0.138. The van der Waals surface area contributed by atoms with Crippen LogP contribution >= 0.6 is 0 Å². The van der Waals surface area contributed by atoms with Gasteiger partial charge in [0, 0.05) is 19.4 Å². The maximum absolute atomic E-state index is 10.3. The van der Waals surface area contributed by atoms with Crippen molar-refractivity contribution in [2.45, 2.75) is 19.3 Å². The molecule has 0 saturated heterocycles. The van der Waals surface area contributed by atoms with Gasteiger partial charge in [0.1, 0.15) is 0 Å². The van der Waals surface area contributed by atoms with E-state index in [0.29, 0.717) is 6.42 Å². The van der Waals surface area contributed by atoms with E-state index < -0.39 is 5.97 Å². The van der Waals surface area contributed by atoms with Crippen molar-refractivity contribution >= 4 is 11.7 Å². The fraction of sp³-hybridized carbons (Fsp3) is 0.500. The van der Waals surface area contributed by atoms with E-state index in [1.165, 1.54) is 0 Å². The standard InChI is InChI=1S/C8H11N3O2/c12-7(13)2-1-5-8-6(11-10-5)3-4-9-8/h9H,1-4H2,(H,10,11)(H,12,13). The summed E-state index contributed by atoms with van der Waals surface area (Å²) in [7, 11) is 0. The Morgan fingerprint density at radius 3 is 3.23 bits per heavy atom. The monoisotopic (exact) mass is 181 g/mol. The molecule has 0 atom stereocenters. The molecule has 70 valence electrons. The Hall–Kier alpha value is -1.52. The number of fused-ring (bicyclic) bond motifs is 1. The summed E-state index contributed by atoms with van der Waals surface area (Å²) in [4.78, 5) is 10.3.